The average molecular weight is 349 g/mol. The maximum atomic E-state index is 12.6. The third kappa shape index (κ3) is 2.58. The smallest absolute Gasteiger partial charge is 0.277 e. The number of benzene rings is 3. The van der Waals surface area contributed by atoms with Crippen molar-refractivity contribution in [3.63, 3.8) is 0 Å². The summed E-state index contributed by atoms with van der Waals surface area (Å²) in [6, 6.07) is 13.1. The summed E-state index contributed by atoms with van der Waals surface area (Å²) in [4.78, 5) is 15.1. The Kier molecular flexibility index (Phi) is 3.58. The van der Waals surface area contributed by atoms with Crippen LogP contribution in [0.5, 0.6) is 5.75 Å². The number of rotatable bonds is 3. The fourth-order valence-corrected chi connectivity index (χ4v) is 3.18. The Balaban J connectivity index is 1.88. The van der Waals surface area contributed by atoms with Crippen molar-refractivity contribution < 1.29 is 10.0 Å². The molecule has 0 bridgehead atoms. The molecule has 4 rings (SSSR count). The van der Waals surface area contributed by atoms with E-state index >= 15 is 0 Å². The number of nitro groups is 1. The van der Waals surface area contributed by atoms with Crippen LogP contribution in [-0.2, 0) is 0 Å². The molecule has 0 atom stereocenters. The van der Waals surface area contributed by atoms with E-state index in [1.165, 1.54) is 12.3 Å². The van der Waals surface area contributed by atoms with Crippen LogP contribution < -0.4 is 5.11 Å². The Bertz CT molecular complexity index is 1150. The highest BCUT2D eigenvalue weighted by Gasteiger charge is 2.14. The summed E-state index contributed by atoms with van der Waals surface area (Å²) in [7, 11) is 0. The Morgan fingerprint density at radius 3 is 2.68 bits per heavy atom. The fourth-order valence-electron chi connectivity index (χ4n) is 2.63. The molecule has 0 amide bonds. The molecule has 1 heterocycles. The van der Waals surface area contributed by atoms with Crippen LogP contribution in [0.3, 0.4) is 0 Å². The van der Waals surface area contributed by atoms with Crippen LogP contribution >= 0.6 is 11.7 Å². The van der Waals surface area contributed by atoms with Crippen LogP contribution in [0.25, 0.3) is 21.8 Å². The van der Waals surface area contributed by atoms with Gasteiger partial charge in [-0.25, -0.2) is 0 Å². The quantitative estimate of drug-likeness (QED) is 0.319. The SMILES string of the molecule is O=[N+]([O-])c1cc(C=Nc2cccc3nsnc23)c([O-])c2ccccc12. The molecular weight excluding hydrogens is 340 g/mol. The van der Waals surface area contributed by atoms with Crippen molar-refractivity contribution in [2.24, 2.45) is 4.99 Å². The monoisotopic (exact) mass is 349 g/mol. The third-order valence-corrected chi connectivity index (χ3v) is 4.35. The highest BCUT2D eigenvalue weighted by atomic mass is 32.1. The van der Waals surface area contributed by atoms with Gasteiger partial charge in [-0.15, -0.1) is 0 Å². The summed E-state index contributed by atoms with van der Waals surface area (Å²) in [6.45, 7) is 0. The highest BCUT2D eigenvalue weighted by molar-refractivity contribution is 7.00. The van der Waals surface area contributed by atoms with Gasteiger partial charge < -0.3 is 5.11 Å². The first kappa shape index (κ1) is 15.2. The standard InChI is InChI=1S/C17H10N4O3S/c22-17-10(8-15(21(23)24)11-4-1-2-5-12(11)17)9-18-13-6-3-7-14-16(13)20-25-19-14/h1-9,22H/p-1. The van der Waals surface area contributed by atoms with Gasteiger partial charge in [0.1, 0.15) is 11.0 Å². The first-order valence-electron chi connectivity index (χ1n) is 7.27. The van der Waals surface area contributed by atoms with Gasteiger partial charge in [-0.1, -0.05) is 30.0 Å². The topological polar surface area (TPSA) is 104 Å². The molecule has 25 heavy (non-hydrogen) atoms. The molecule has 3 aromatic carbocycles. The van der Waals surface area contributed by atoms with Crippen molar-refractivity contribution in [3.05, 3.63) is 64.2 Å². The van der Waals surface area contributed by atoms with Gasteiger partial charge in [-0.3, -0.25) is 15.1 Å². The van der Waals surface area contributed by atoms with Crippen LogP contribution in [0.1, 0.15) is 5.56 Å². The fraction of sp³-hybridized carbons (Fsp3) is 0. The van der Waals surface area contributed by atoms with Gasteiger partial charge in [0.05, 0.1) is 27.7 Å². The number of fused-ring (bicyclic) bond motifs is 2. The van der Waals surface area contributed by atoms with Gasteiger partial charge in [0.25, 0.3) is 5.69 Å². The van der Waals surface area contributed by atoms with E-state index in [0.717, 1.165) is 11.7 Å². The number of non-ortho nitro benzene ring substituents is 1. The van der Waals surface area contributed by atoms with Gasteiger partial charge in [-0.2, -0.15) is 8.75 Å². The normalized spacial score (nSPS) is 11.5. The van der Waals surface area contributed by atoms with Crippen molar-refractivity contribution in [1.82, 2.24) is 8.75 Å². The summed E-state index contributed by atoms with van der Waals surface area (Å²) in [5.74, 6) is -0.298. The van der Waals surface area contributed by atoms with E-state index in [9.17, 15) is 15.2 Å². The molecule has 0 aliphatic rings. The first-order valence-corrected chi connectivity index (χ1v) is 8.00. The second-order valence-corrected chi connectivity index (χ2v) is 5.81. The molecule has 4 aromatic rings. The van der Waals surface area contributed by atoms with Crippen LogP contribution in [0.15, 0.2) is 53.5 Å². The molecule has 0 N–H and O–H groups in total. The molecule has 7 nitrogen and oxygen atoms in total. The highest BCUT2D eigenvalue weighted by Crippen LogP contribution is 2.34. The van der Waals surface area contributed by atoms with Crippen molar-refractivity contribution >= 4 is 51.1 Å². The van der Waals surface area contributed by atoms with Crippen LogP contribution in [0.2, 0.25) is 0 Å². The molecule has 0 fully saturated rings. The van der Waals surface area contributed by atoms with Crippen molar-refractivity contribution in [2.45, 2.75) is 0 Å². The lowest BCUT2D eigenvalue weighted by Crippen LogP contribution is -2.00. The lowest BCUT2D eigenvalue weighted by Gasteiger charge is -2.14. The molecule has 0 spiro atoms. The molecule has 0 saturated heterocycles. The van der Waals surface area contributed by atoms with Crippen molar-refractivity contribution in [3.8, 4) is 5.75 Å². The first-order chi connectivity index (χ1) is 12.1. The van der Waals surface area contributed by atoms with Crippen LogP contribution in [-0.4, -0.2) is 19.9 Å². The predicted molar refractivity (Wildman–Crippen MR) is 94.7 cm³/mol. The van der Waals surface area contributed by atoms with E-state index in [2.05, 4.69) is 13.7 Å². The van der Waals surface area contributed by atoms with Gasteiger partial charge in [0.2, 0.25) is 0 Å². The second-order valence-electron chi connectivity index (χ2n) is 5.28. The largest absolute Gasteiger partial charge is 0.872 e. The van der Waals surface area contributed by atoms with E-state index in [1.807, 2.05) is 6.07 Å². The van der Waals surface area contributed by atoms with Gasteiger partial charge in [-0.05, 0) is 29.1 Å². The number of nitrogens with zero attached hydrogens (tertiary/aromatic N) is 4. The van der Waals surface area contributed by atoms with Crippen LogP contribution in [0.4, 0.5) is 11.4 Å². The third-order valence-electron chi connectivity index (χ3n) is 3.81. The lowest BCUT2D eigenvalue weighted by molar-refractivity contribution is -0.383. The van der Waals surface area contributed by atoms with Gasteiger partial charge in [0.15, 0.2) is 0 Å². The Labute approximate surface area is 145 Å². The summed E-state index contributed by atoms with van der Waals surface area (Å²) < 4.78 is 8.32. The molecule has 0 aliphatic heterocycles. The Morgan fingerprint density at radius 2 is 1.88 bits per heavy atom. The van der Waals surface area contributed by atoms with E-state index < -0.39 is 4.92 Å². The molecule has 122 valence electrons. The summed E-state index contributed by atoms with van der Waals surface area (Å²) >= 11 is 1.08. The van der Waals surface area contributed by atoms with Crippen molar-refractivity contribution in [1.29, 1.82) is 0 Å². The molecule has 0 radical (unpaired) electrons. The molecule has 0 unspecified atom stereocenters. The lowest BCUT2D eigenvalue weighted by atomic mass is 10.0. The summed E-state index contributed by atoms with van der Waals surface area (Å²) in [5.41, 5.74) is 1.94. The maximum absolute atomic E-state index is 12.6. The van der Waals surface area contributed by atoms with E-state index in [1.54, 1.807) is 36.4 Å². The summed E-state index contributed by atoms with van der Waals surface area (Å²) in [5, 5.41) is 24.6. The van der Waals surface area contributed by atoms with Gasteiger partial charge in [0, 0.05) is 12.3 Å². The van der Waals surface area contributed by atoms with Crippen molar-refractivity contribution in [2.75, 3.05) is 0 Å². The molecule has 8 heteroatoms. The maximum Gasteiger partial charge on any atom is 0.277 e. The minimum absolute atomic E-state index is 0.120. The zero-order chi connectivity index (χ0) is 17.4. The molecular formula is C17H9N4O3S-. The Hall–Kier alpha value is -3.39. The van der Waals surface area contributed by atoms with Crippen LogP contribution in [0, 0.1) is 10.1 Å². The zero-order valence-electron chi connectivity index (χ0n) is 12.6. The molecule has 0 aliphatic carbocycles. The average Bonchev–Trinajstić information content (AvgIpc) is 3.10. The van der Waals surface area contributed by atoms with E-state index in [-0.39, 0.29) is 17.0 Å². The number of hydrogen-bond donors (Lipinski definition) is 0. The predicted octanol–water partition coefficient (Wildman–Crippen LogP) is 3.58. The number of hydrogen-bond acceptors (Lipinski definition) is 7. The van der Waals surface area contributed by atoms with Gasteiger partial charge >= 0.3 is 0 Å². The number of nitro benzene ring substituents is 1. The number of aromatic nitrogens is 2. The molecule has 1 aromatic heterocycles. The minimum atomic E-state index is -0.496. The zero-order valence-corrected chi connectivity index (χ0v) is 13.4. The van der Waals surface area contributed by atoms with E-state index in [0.29, 0.717) is 27.5 Å². The molecule has 0 saturated carbocycles. The Morgan fingerprint density at radius 1 is 1.08 bits per heavy atom. The minimum Gasteiger partial charge on any atom is -0.872 e. The number of aliphatic imine (C=N–C) groups is 1. The van der Waals surface area contributed by atoms with E-state index in [4.69, 9.17) is 0 Å². The summed E-state index contributed by atoms with van der Waals surface area (Å²) in [6.07, 6.45) is 1.34. The second kappa shape index (κ2) is 5.91.